The van der Waals surface area contributed by atoms with Crippen LogP contribution in [0.5, 0.6) is 0 Å². The Bertz CT molecular complexity index is 393. The Balaban J connectivity index is 0.00000162. The molecule has 2 heterocycles. The standard InChI is InChI=1S/C12H20N4O.ClH/c1-8-6-10(16-15-8)7-12(17)14-11-4-3-5-13-9(11)2;/h6,9,11,13H,3-5,7H2,1-2H3,(H,14,17)(H,15,16);1H. The minimum atomic E-state index is 0. The van der Waals surface area contributed by atoms with Gasteiger partial charge in [0.25, 0.3) is 0 Å². The molecule has 1 fully saturated rings. The molecule has 6 heteroatoms. The molecule has 3 N–H and O–H groups in total. The molecule has 2 rings (SSSR count). The highest BCUT2D eigenvalue weighted by molar-refractivity contribution is 5.85. The molecule has 0 saturated carbocycles. The van der Waals surface area contributed by atoms with Crippen LogP contribution in [0.2, 0.25) is 0 Å². The number of halogens is 1. The third kappa shape index (κ3) is 3.99. The van der Waals surface area contributed by atoms with Crippen molar-refractivity contribution >= 4 is 18.3 Å². The van der Waals surface area contributed by atoms with Crippen molar-refractivity contribution in [3.63, 3.8) is 0 Å². The molecule has 5 nitrogen and oxygen atoms in total. The molecule has 1 saturated heterocycles. The van der Waals surface area contributed by atoms with Crippen molar-refractivity contribution in [2.24, 2.45) is 0 Å². The summed E-state index contributed by atoms with van der Waals surface area (Å²) < 4.78 is 0. The van der Waals surface area contributed by atoms with Crippen molar-refractivity contribution < 1.29 is 4.79 Å². The minimum absolute atomic E-state index is 0. The van der Waals surface area contributed by atoms with Gasteiger partial charge in [-0.25, -0.2) is 0 Å². The first-order valence-electron chi connectivity index (χ1n) is 6.19. The van der Waals surface area contributed by atoms with Crippen LogP contribution in [0.15, 0.2) is 6.07 Å². The Morgan fingerprint density at radius 3 is 3.00 bits per heavy atom. The number of amides is 1. The van der Waals surface area contributed by atoms with Gasteiger partial charge in [0.2, 0.25) is 5.91 Å². The van der Waals surface area contributed by atoms with E-state index in [0.29, 0.717) is 12.5 Å². The van der Waals surface area contributed by atoms with Crippen LogP contribution in [0.4, 0.5) is 0 Å². The summed E-state index contributed by atoms with van der Waals surface area (Å²) in [5.41, 5.74) is 1.79. The van der Waals surface area contributed by atoms with Crippen molar-refractivity contribution in [2.45, 2.75) is 45.2 Å². The second kappa shape index (κ2) is 6.75. The topological polar surface area (TPSA) is 69.8 Å². The zero-order chi connectivity index (χ0) is 12.3. The first-order chi connectivity index (χ1) is 8.15. The smallest absolute Gasteiger partial charge is 0.226 e. The van der Waals surface area contributed by atoms with Crippen molar-refractivity contribution in [3.05, 3.63) is 17.5 Å². The molecule has 1 aromatic heterocycles. The number of carbonyl (C=O) groups is 1. The second-order valence-corrected chi connectivity index (χ2v) is 4.78. The number of hydrogen-bond acceptors (Lipinski definition) is 3. The quantitative estimate of drug-likeness (QED) is 0.767. The molecule has 0 radical (unpaired) electrons. The van der Waals surface area contributed by atoms with Crippen molar-refractivity contribution in [1.29, 1.82) is 0 Å². The van der Waals surface area contributed by atoms with Crippen LogP contribution in [-0.2, 0) is 11.2 Å². The van der Waals surface area contributed by atoms with Gasteiger partial charge in [-0.1, -0.05) is 0 Å². The lowest BCUT2D eigenvalue weighted by Gasteiger charge is -2.30. The van der Waals surface area contributed by atoms with Crippen LogP contribution in [0, 0.1) is 6.92 Å². The van der Waals surface area contributed by atoms with Gasteiger partial charge in [0.15, 0.2) is 0 Å². The van der Waals surface area contributed by atoms with E-state index in [1.54, 1.807) is 0 Å². The summed E-state index contributed by atoms with van der Waals surface area (Å²) in [5.74, 6) is 0.0528. The zero-order valence-corrected chi connectivity index (χ0v) is 11.6. The number of aromatic nitrogens is 2. The number of nitrogens with one attached hydrogen (secondary N) is 3. The van der Waals surface area contributed by atoms with E-state index >= 15 is 0 Å². The highest BCUT2D eigenvalue weighted by Gasteiger charge is 2.22. The third-order valence-electron chi connectivity index (χ3n) is 3.21. The number of carbonyl (C=O) groups excluding carboxylic acids is 1. The number of aryl methyl sites for hydroxylation is 1. The molecule has 1 aliphatic heterocycles. The van der Waals surface area contributed by atoms with Gasteiger partial charge in [0.05, 0.1) is 12.1 Å². The lowest BCUT2D eigenvalue weighted by Crippen LogP contribution is -2.52. The number of nitrogens with zero attached hydrogens (tertiary/aromatic N) is 1. The average molecular weight is 273 g/mol. The summed E-state index contributed by atoms with van der Waals surface area (Å²) in [6.45, 7) is 5.09. The molecular weight excluding hydrogens is 252 g/mol. The Kier molecular flexibility index (Phi) is 5.62. The molecule has 1 aliphatic rings. The van der Waals surface area contributed by atoms with Crippen LogP contribution in [0.25, 0.3) is 0 Å². The van der Waals surface area contributed by atoms with Crippen molar-refractivity contribution in [3.8, 4) is 0 Å². The molecule has 18 heavy (non-hydrogen) atoms. The van der Waals surface area contributed by atoms with E-state index in [2.05, 4.69) is 27.8 Å². The van der Waals surface area contributed by atoms with Crippen LogP contribution in [-0.4, -0.2) is 34.7 Å². The predicted octanol–water partition coefficient (Wildman–Crippen LogP) is 0.939. The van der Waals surface area contributed by atoms with E-state index < -0.39 is 0 Å². The third-order valence-corrected chi connectivity index (χ3v) is 3.21. The maximum atomic E-state index is 11.8. The summed E-state index contributed by atoms with van der Waals surface area (Å²) >= 11 is 0. The number of H-pyrrole nitrogens is 1. The van der Waals surface area contributed by atoms with E-state index in [4.69, 9.17) is 0 Å². The summed E-state index contributed by atoms with van der Waals surface area (Å²) in [6.07, 6.45) is 2.53. The van der Waals surface area contributed by atoms with E-state index in [1.165, 1.54) is 0 Å². The van der Waals surface area contributed by atoms with E-state index in [0.717, 1.165) is 30.8 Å². The molecule has 0 bridgehead atoms. The lowest BCUT2D eigenvalue weighted by molar-refractivity contribution is -0.121. The molecule has 0 spiro atoms. The van der Waals surface area contributed by atoms with Crippen LogP contribution in [0.1, 0.15) is 31.2 Å². The normalized spacial score (nSPS) is 23.2. The Hall–Kier alpha value is -1.07. The highest BCUT2D eigenvalue weighted by atomic mass is 35.5. The fourth-order valence-corrected chi connectivity index (χ4v) is 2.23. The number of piperidine rings is 1. The molecule has 102 valence electrons. The van der Waals surface area contributed by atoms with Crippen LogP contribution >= 0.6 is 12.4 Å². The van der Waals surface area contributed by atoms with Gasteiger partial charge in [-0.2, -0.15) is 5.10 Å². The molecule has 2 unspecified atom stereocenters. The first kappa shape index (κ1) is 15.0. The van der Waals surface area contributed by atoms with E-state index in [9.17, 15) is 4.79 Å². The monoisotopic (exact) mass is 272 g/mol. The summed E-state index contributed by atoms with van der Waals surface area (Å²) in [7, 11) is 0. The van der Waals surface area contributed by atoms with Crippen molar-refractivity contribution in [1.82, 2.24) is 20.8 Å². The maximum absolute atomic E-state index is 11.8. The largest absolute Gasteiger partial charge is 0.351 e. The highest BCUT2D eigenvalue weighted by Crippen LogP contribution is 2.08. The average Bonchev–Trinajstić information content (AvgIpc) is 2.67. The van der Waals surface area contributed by atoms with E-state index in [-0.39, 0.29) is 24.4 Å². The Labute approximate surface area is 114 Å². The SMILES string of the molecule is Cc1cc(CC(=O)NC2CCCNC2C)n[nH]1.Cl. The molecule has 1 amide bonds. The zero-order valence-electron chi connectivity index (χ0n) is 10.8. The first-order valence-corrected chi connectivity index (χ1v) is 6.19. The van der Waals surface area contributed by atoms with Gasteiger partial charge in [0.1, 0.15) is 0 Å². The van der Waals surface area contributed by atoms with Gasteiger partial charge in [-0.05, 0) is 39.3 Å². The maximum Gasteiger partial charge on any atom is 0.226 e. The summed E-state index contributed by atoms with van der Waals surface area (Å²) in [5, 5.41) is 13.4. The van der Waals surface area contributed by atoms with Crippen molar-refractivity contribution in [2.75, 3.05) is 6.54 Å². The Morgan fingerprint density at radius 2 is 2.39 bits per heavy atom. The molecular formula is C12H21ClN4O. The van der Waals surface area contributed by atoms with Gasteiger partial charge in [-0.15, -0.1) is 12.4 Å². The van der Waals surface area contributed by atoms with Gasteiger partial charge in [-0.3, -0.25) is 9.89 Å². The molecule has 2 atom stereocenters. The predicted molar refractivity (Wildman–Crippen MR) is 72.9 cm³/mol. The molecule has 0 aliphatic carbocycles. The number of hydrogen-bond donors (Lipinski definition) is 3. The minimum Gasteiger partial charge on any atom is -0.351 e. The van der Waals surface area contributed by atoms with Gasteiger partial charge in [0, 0.05) is 17.8 Å². The fourth-order valence-electron chi connectivity index (χ4n) is 2.23. The number of aromatic amines is 1. The van der Waals surface area contributed by atoms with Crippen LogP contribution in [0.3, 0.4) is 0 Å². The molecule has 0 aromatic carbocycles. The second-order valence-electron chi connectivity index (χ2n) is 4.78. The van der Waals surface area contributed by atoms with Crippen LogP contribution < -0.4 is 10.6 Å². The Morgan fingerprint density at radius 1 is 1.61 bits per heavy atom. The van der Waals surface area contributed by atoms with E-state index in [1.807, 2.05) is 13.0 Å². The summed E-state index contributed by atoms with van der Waals surface area (Å²) in [4.78, 5) is 11.8. The van der Waals surface area contributed by atoms with Gasteiger partial charge < -0.3 is 10.6 Å². The fraction of sp³-hybridized carbons (Fsp3) is 0.667. The molecule has 1 aromatic rings. The lowest BCUT2D eigenvalue weighted by atomic mass is 10.00. The summed E-state index contributed by atoms with van der Waals surface area (Å²) in [6, 6.07) is 2.51. The number of rotatable bonds is 3. The van der Waals surface area contributed by atoms with Gasteiger partial charge >= 0.3 is 0 Å².